The summed E-state index contributed by atoms with van der Waals surface area (Å²) >= 11 is 0. The zero-order valence-corrected chi connectivity index (χ0v) is 13.8. The van der Waals surface area contributed by atoms with E-state index >= 15 is 0 Å². The van der Waals surface area contributed by atoms with Gasteiger partial charge in [0, 0.05) is 19.3 Å². The lowest BCUT2D eigenvalue weighted by molar-refractivity contribution is -0.120. The lowest BCUT2D eigenvalue weighted by Gasteiger charge is -2.29. The van der Waals surface area contributed by atoms with E-state index in [1.807, 2.05) is 0 Å². The van der Waals surface area contributed by atoms with Crippen LogP contribution in [0.15, 0.2) is 18.3 Å². The Morgan fingerprint density at radius 2 is 2.20 bits per heavy atom. The standard InChI is InChI=1S/C13H17N5O6S/c14-5-8-1-4-11(15-6-8)16-12(19)10-3-2-9-7-17(10)13(20)18(9)24-25(21,22)23/h1,4,6,9-10H,2-3,5,7,14H2,(H,15,16,19)(H,21,22,23). The molecular formula is C13H17N5O6S. The van der Waals surface area contributed by atoms with E-state index in [-0.39, 0.29) is 6.54 Å². The molecule has 2 aliphatic heterocycles. The Morgan fingerprint density at radius 3 is 2.80 bits per heavy atom. The highest BCUT2D eigenvalue weighted by Crippen LogP contribution is 2.31. The maximum Gasteiger partial charge on any atom is 0.418 e. The van der Waals surface area contributed by atoms with E-state index < -0.39 is 34.4 Å². The Balaban J connectivity index is 1.69. The molecule has 0 saturated carbocycles. The third-order valence-electron chi connectivity index (χ3n) is 4.11. The van der Waals surface area contributed by atoms with Gasteiger partial charge in [0.15, 0.2) is 0 Å². The first-order chi connectivity index (χ1) is 11.8. The minimum Gasteiger partial charge on any atom is -0.326 e. The summed E-state index contributed by atoms with van der Waals surface area (Å²) in [6.07, 6.45) is 2.22. The van der Waals surface area contributed by atoms with Gasteiger partial charge in [-0.25, -0.2) is 9.78 Å². The molecule has 2 unspecified atom stereocenters. The van der Waals surface area contributed by atoms with Crippen molar-refractivity contribution in [3.63, 3.8) is 0 Å². The third-order valence-corrected chi connectivity index (χ3v) is 4.46. The maximum absolute atomic E-state index is 12.5. The quantitative estimate of drug-likeness (QED) is 0.584. The van der Waals surface area contributed by atoms with Gasteiger partial charge in [-0.1, -0.05) is 6.07 Å². The van der Waals surface area contributed by atoms with Crippen molar-refractivity contribution in [1.29, 1.82) is 0 Å². The van der Waals surface area contributed by atoms with Crippen LogP contribution in [0.2, 0.25) is 0 Å². The number of carbonyl (C=O) groups excluding carboxylic acids is 2. The Labute approximate surface area is 143 Å². The van der Waals surface area contributed by atoms with Crippen molar-refractivity contribution in [1.82, 2.24) is 14.9 Å². The number of piperidine rings is 1. The number of nitrogens with two attached hydrogens (primary N) is 1. The predicted molar refractivity (Wildman–Crippen MR) is 84.1 cm³/mol. The molecule has 0 spiro atoms. The lowest BCUT2D eigenvalue weighted by Crippen LogP contribution is -2.47. The van der Waals surface area contributed by atoms with Gasteiger partial charge in [-0.3, -0.25) is 9.35 Å². The average molecular weight is 371 g/mol. The van der Waals surface area contributed by atoms with Crippen LogP contribution in [-0.2, 0) is 26.0 Å². The molecule has 3 heterocycles. The van der Waals surface area contributed by atoms with Gasteiger partial charge in [0.25, 0.3) is 0 Å². The average Bonchev–Trinajstić information content (AvgIpc) is 2.79. The summed E-state index contributed by atoms with van der Waals surface area (Å²) in [7, 11) is -4.81. The fourth-order valence-corrected chi connectivity index (χ4v) is 3.32. The molecule has 4 N–H and O–H groups in total. The van der Waals surface area contributed by atoms with E-state index in [1.54, 1.807) is 12.1 Å². The van der Waals surface area contributed by atoms with Crippen LogP contribution in [0.1, 0.15) is 18.4 Å². The van der Waals surface area contributed by atoms with E-state index in [9.17, 15) is 18.0 Å². The Bertz CT molecular complexity index is 783. The molecule has 2 atom stereocenters. The first kappa shape index (κ1) is 17.5. The zero-order valence-electron chi connectivity index (χ0n) is 13.0. The lowest BCUT2D eigenvalue weighted by atomic mass is 10.0. The number of fused-ring (bicyclic) bond motifs is 2. The monoisotopic (exact) mass is 371 g/mol. The van der Waals surface area contributed by atoms with E-state index in [0.29, 0.717) is 30.3 Å². The molecule has 3 rings (SSSR count). The van der Waals surface area contributed by atoms with Crippen LogP contribution >= 0.6 is 0 Å². The Morgan fingerprint density at radius 1 is 1.44 bits per heavy atom. The highest BCUT2D eigenvalue weighted by Gasteiger charge is 2.49. The Hall–Kier alpha value is -2.28. The number of nitrogens with one attached hydrogen (secondary N) is 1. The normalized spacial score (nSPS) is 23.0. The van der Waals surface area contributed by atoms with Crippen molar-refractivity contribution < 1.29 is 26.8 Å². The molecule has 2 bridgehead atoms. The van der Waals surface area contributed by atoms with Crippen LogP contribution in [0, 0.1) is 0 Å². The number of amides is 3. The molecule has 2 saturated heterocycles. The number of rotatable bonds is 5. The minimum absolute atomic E-state index is 0.131. The fourth-order valence-electron chi connectivity index (χ4n) is 2.93. The van der Waals surface area contributed by atoms with Crippen molar-refractivity contribution in [2.75, 3.05) is 11.9 Å². The second-order valence-electron chi connectivity index (χ2n) is 5.76. The number of urea groups is 1. The number of nitrogens with zero attached hydrogens (tertiary/aromatic N) is 3. The van der Waals surface area contributed by atoms with Crippen LogP contribution in [0.4, 0.5) is 10.6 Å². The smallest absolute Gasteiger partial charge is 0.326 e. The summed E-state index contributed by atoms with van der Waals surface area (Å²) in [6.45, 7) is 0.461. The van der Waals surface area contributed by atoms with Gasteiger partial charge in [-0.05, 0) is 24.5 Å². The van der Waals surface area contributed by atoms with Crippen LogP contribution in [-0.4, -0.2) is 58.5 Å². The number of hydrogen-bond donors (Lipinski definition) is 3. The van der Waals surface area contributed by atoms with Gasteiger partial charge in [0.2, 0.25) is 5.91 Å². The fraction of sp³-hybridized carbons (Fsp3) is 0.462. The number of carbonyl (C=O) groups is 2. The second-order valence-corrected chi connectivity index (χ2v) is 6.76. The van der Waals surface area contributed by atoms with Crippen molar-refractivity contribution in [3.8, 4) is 0 Å². The van der Waals surface area contributed by atoms with Gasteiger partial charge in [-0.15, -0.1) is 4.28 Å². The van der Waals surface area contributed by atoms with Gasteiger partial charge in [0.1, 0.15) is 11.9 Å². The summed E-state index contributed by atoms with van der Waals surface area (Å²) in [5, 5.41) is 3.21. The molecule has 136 valence electrons. The van der Waals surface area contributed by atoms with Crippen molar-refractivity contribution >= 4 is 28.2 Å². The first-order valence-corrected chi connectivity index (χ1v) is 8.87. The molecule has 2 fully saturated rings. The van der Waals surface area contributed by atoms with Crippen LogP contribution < -0.4 is 11.1 Å². The Kier molecular flexibility index (Phi) is 4.60. The number of pyridine rings is 1. The highest BCUT2D eigenvalue weighted by atomic mass is 32.3. The summed E-state index contributed by atoms with van der Waals surface area (Å²) in [4.78, 5) is 30.0. The number of anilines is 1. The molecule has 25 heavy (non-hydrogen) atoms. The van der Waals surface area contributed by atoms with Gasteiger partial charge < -0.3 is 16.0 Å². The summed E-state index contributed by atoms with van der Waals surface area (Å²) in [6, 6.07) is 1.22. The SMILES string of the molecule is NCc1ccc(NC(=O)C2CCC3CN2C(=O)N3OS(=O)(=O)O)nc1. The molecule has 1 aromatic heterocycles. The molecule has 0 aromatic carbocycles. The number of hydroxylamine groups is 2. The van der Waals surface area contributed by atoms with E-state index in [1.165, 1.54) is 11.1 Å². The molecule has 2 aliphatic rings. The van der Waals surface area contributed by atoms with Crippen molar-refractivity contribution in [2.45, 2.75) is 31.5 Å². The molecule has 12 heteroatoms. The topological polar surface area (TPSA) is 155 Å². The maximum atomic E-state index is 12.5. The predicted octanol–water partition coefficient (Wildman–Crippen LogP) is -0.518. The number of hydrogen-bond acceptors (Lipinski definition) is 7. The van der Waals surface area contributed by atoms with Crippen LogP contribution in [0.3, 0.4) is 0 Å². The highest BCUT2D eigenvalue weighted by molar-refractivity contribution is 7.80. The molecule has 11 nitrogen and oxygen atoms in total. The molecule has 3 amide bonds. The van der Waals surface area contributed by atoms with Crippen molar-refractivity contribution in [3.05, 3.63) is 23.9 Å². The van der Waals surface area contributed by atoms with E-state index in [4.69, 9.17) is 10.3 Å². The third kappa shape index (κ3) is 3.71. The summed E-state index contributed by atoms with van der Waals surface area (Å²) in [5.41, 5.74) is 6.29. The molecule has 0 aliphatic carbocycles. The minimum atomic E-state index is -4.81. The first-order valence-electron chi connectivity index (χ1n) is 7.51. The molecule has 0 radical (unpaired) electrons. The summed E-state index contributed by atoms with van der Waals surface area (Å²) < 4.78 is 34.8. The van der Waals surface area contributed by atoms with E-state index in [2.05, 4.69) is 14.6 Å². The second kappa shape index (κ2) is 6.55. The van der Waals surface area contributed by atoms with Crippen molar-refractivity contribution in [2.24, 2.45) is 5.73 Å². The molecule has 1 aromatic rings. The van der Waals surface area contributed by atoms with E-state index in [0.717, 1.165) is 5.56 Å². The zero-order chi connectivity index (χ0) is 18.2. The van der Waals surface area contributed by atoms with Gasteiger partial charge in [-0.2, -0.15) is 13.5 Å². The van der Waals surface area contributed by atoms with Crippen LogP contribution in [0.5, 0.6) is 0 Å². The molecular weight excluding hydrogens is 354 g/mol. The van der Waals surface area contributed by atoms with Gasteiger partial charge in [0.05, 0.1) is 6.04 Å². The number of aromatic nitrogens is 1. The summed E-state index contributed by atoms with van der Waals surface area (Å²) in [5.74, 6) is -0.115. The van der Waals surface area contributed by atoms with Crippen LogP contribution in [0.25, 0.3) is 0 Å². The van der Waals surface area contributed by atoms with Gasteiger partial charge >= 0.3 is 16.4 Å². The largest absolute Gasteiger partial charge is 0.418 e.